The van der Waals surface area contributed by atoms with Gasteiger partial charge < -0.3 is 14.2 Å². The summed E-state index contributed by atoms with van der Waals surface area (Å²) < 4.78 is 24.4. The average Bonchev–Trinajstić information content (AvgIpc) is 3.27. The van der Waals surface area contributed by atoms with Gasteiger partial charge in [0.25, 0.3) is 0 Å². The van der Waals surface area contributed by atoms with Crippen LogP contribution in [0.25, 0.3) is 0 Å². The molecule has 2 aliphatic heterocycles. The maximum Gasteiger partial charge on any atom is 0.246 e. The average molecular weight is 359 g/mol. The highest BCUT2D eigenvalue weighted by molar-refractivity contribution is 5.76. The standard InChI is InChI=1S/C19H22FN3O3/c20-15-7-5-14(6-8-15)19(9-11-25-13-19)18-21-16(26-22-18)12-23-10-3-1-2-4-17(23)24/h5-8H,1-4,9-13H2/t19-/m1/s1. The fraction of sp³-hybridized carbons (Fsp3) is 0.526. The molecule has 1 amide bonds. The van der Waals surface area contributed by atoms with Crippen molar-refractivity contribution in [3.05, 3.63) is 47.4 Å². The van der Waals surface area contributed by atoms with E-state index in [4.69, 9.17) is 9.26 Å². The van der Waals surface area contributed by atoms with Crippen LogP contribution in [0, 0.1) is 5.82 Å². The minimum Gasteiger partial charge on any atom is -0.380 e. The molecule has 2 saturated heterocycles. The molecule has 6 nitrogen and oxygen atoms in total. The minimum atomic E-state index is -0.530. The van der Waals surface area contributed by atoms with Crippen molar-refractivity contribution in [2.24, 2.45) is 0 Å². The molecule has 2 fully saturated rings. The van der Waals surface area contributed by atoms with Crippen molar-refractivity contribution in [1.82, 2.24) is 15.0 Å². The van der Waals surface area contributed by atoms with E-state index in [2.05, 4.69) is 10.1 Å². The van der Waals surface area contributed by atoms with Gasteiger partial charge in [-0.2, -0.15) is 4.98 Å². The molecule has 0 N–H and O–H groups in total. The lowest BCUT2D eigenvalue weighted by molar-refractivity contribution is -0.131. The van der Waals surface area contributed by atoms with Gasteiger partial charge in [-0.15, -0.1) is 0 Å². The van der Waals surface area contributed by atoms with E-state index in [1.165, 1.54) is 12.1 Å². The number of likely N-dealkylation sites (tertiary alicyclic amines) is 1. The van der Waals surface area contributed by atoms with E-state index in [1.54, 1.807) is 17.0 Å². The van der Waals surface area contributed by atoms with Gasteiger partial charge in [-0.3, -0.25) is 4.79 Å². The van der Waals surface area contributed by atoms with Crippen LogP contribution in [0.2, 0.25) is 0 Å². The maximum atomic E-state index is 13.3. The van der Waals surface area contributed by atoms with Crippen LogP contribution >= 0.6 is 0 Å². The summed E-state index contributed by atoms with van der Waals surface area (Å²) >= 11 is 0. The largest absolute Gasteiger partial charge is 0.380 e. The quantitative estimate of drug-likeness (QED) is 0.840. The molecule has 0 aliphatic carbocycles. The van der Waals surface area contributed by atoms with Crippen LogP contribution in [0.1, 0.15) is 49.4 Å². The highest BCUT2D eigenvalue weighted by Gasteiger charge is 2.43. The van der Waals surface area contributed by atoms with Crippen LogP contribution in [0.4, 0.5) is 4.39 Å². The van der Waals surface area contributed by atoms with E-state index < -0.39 is 5.41 Å². The lowest BCUT2D eigenvalue weighted by Crippen LogP contribution is -2.31. The van der Waals surface area contributed by atoms with Crippen LogP contribution in [0.5, 0.6) is 0 Å². The lowest BCUT2D eigenvalue weighted by Gasteiger charge is -2.24. The van der Waals surface area contributed by atoms with Gasteiger partial charge in [0.2, 0.25) is 11.8 Å². The molecular weight excluding hydrogens is 337 g/mol. The van der Waals surface area contributed by atoms with Crippen LogP contribution in [0.3, 0.4) is 0 Å². The maximum absolute atomic E-state index is 13.3. The number of nitrogens with zero attached hydrogens (tertiary/aromatic N) is 3. The molecule has 138 valence electrons. The molecule has 0 bridgehead atoms. The SMILES string of the molecule is O=C1CCCCCN1Cc1nc([C@]2(c3ccc(F)cc3)CCOC2)no1. The van der Waals surface area contributed by atoms with Crippen molar-refractivity contribution in [3.63, 3.8) is 0 Å². The molecule has 0 spiro atoms. The fourth-order valence-corrected chi connectivity index (χ4v) is 3.75. The highest BCUT2D eigenvalue weighted by Crippen LogP contribution is 2.38. The number of halogens is 1. The van der Waals surface area contributed by atoms with Crippen molar-refractivity contribution < 1.29 is 18.4 Å². The summed E-state index contributed by atoms with van der Waals surface area (Å²) in [4.78, 5) is 18.5. The third-order valence-corrected chi connectivity index (χ3v) is 5.31. The Morgan fingerprint density at radius 1 is 1.19 bits per heavy atom. The van der Waals surface area contributed by atoms with Gasteiger partial charge in [0, 0.05) is 19.6 Å². The summed E-state index contributed by atoms with van der Waals surface area (Å²) in [5, 5.41) is 4.19. The van der Waals surface area contributed by atoms with E-state index in [-0.39, 0.29) is 11.7 Å². The van der Waals surface area contributed by atoms with E-state index in [0.717, 1.165) is 31.4 Å². The first-order chi connectivity index (χ1) is 12.7. The van der Waals surface area contributed by atoms with Crippen LogP contribution in [-0.4, -0.2) is 40.7 Å². The Hall–Kier alpha value is -2.28. The number of aromatic nitrogens is 2. The molecular formula is C19H22FN3O3. The van der Waals surface area contributed by atoms with Crippen molar-refractivity contribution >= 4 is 5.91 Å². The van der Waals surface area contributed by atoms with Gasteiger partial charge in [0.15, 0.2) is 5.82 Å². The Balaban J connectivity index is 1.58. The predicted octanol–water partition coefficient (Wildman–Crippen LogP) is 2.82. The highest BCUT2D eigenvalue weighted by atomic mass is 19.1. The molecule has 3 heterocycles. The second-order valence-corrected chi connectivity index (χ2v) is 7.03. The Kier molecular flexibility index (Phi) is 4.72. The molecule has 0 saturated carbocycles. The number of benzene rings is 1. The van der Waals surface area contributed by atoms with Crippen LogP contribution < -0.4 is 0 Å². The van der Waals surface area contributed by atoms with E-state index in [1.807, 2.05) is 0 Å². The molecule has 26 heavy (non-hydrogen) atoms. The summed E-state index contributed by atoms with van der Waals surface area (Å²) in [5.74, 6) is 0.832. The molecule has 1 aromatic carbocycles. The third kappa shape index (κ3) is 3.23. The minimum absolute atomic E-state index is 0.139. The molecule has 1 atom stereocenters. The Morgan fingerprint density at radius 3 is 2.81 bits per heavy atom. The first-order valence-corrected chi connectivity index (χ1v) is 9.12. The number of ether oxygens (including phenoxy) is 1. The number of rotatable bonds is 4. The van der Waals surface area contributed by atoms with E-state index >= 15 is 0 Å². The number of amides is 1. The Labute approximate surface area is 151 Å². The first-order valence-electron chi connectivity index (χ1n) is 9.12. The number of hydrogen-bond acceptors (Lipinski definition) is 5. The molecule has 7 heteroatoms. The molecule has 0 radical (unpaired) electrons. The van der Waals surface area contributed by atoms with Gasteiger partial charge in [0.1, 0.15) is 5.82 Å². The van der Waals surface area contributed by atoms with Crippen molar-refractivity contribution in [2.45, 2.75) is 44.1 Å². The monoisotopic (exact) mass is 359 g/mol. The topological polar surface area (TPSA) is 68.5 Å². The lowest BCUT2D eigenvalue weighted by atomic mass is 9.79. The second kappa shape index (κ2) is 7.15. The number of carbonyl (C=O) groups is 1. The zero-order valence-electron chi connectivity index (χ0n) is 14.6. The summed E-state index contributed by atoms with van der Waals surface area (Å²) in [5.41, 5.74) is 0.382. The molecule has 2 aliphatic rings. The summed E-state index contributed by atoms with van der Waals surface area (Å²) in [6.45, 7) is 2.08. The van der Waals surface area contributed by atoms with Gasteiger partial charge in [-0.1, -0.05) is 23.7 Å². The van der Waals surface area contributed by atoms with Gasteiger partial charge in [-0.25, -0.2) is 4.39 Å². The summed E-state index contributed by atoms with van der Waals surface area (Å²) in [6.07, 6.45) is 4.30. The van der Waals surface area contributed by atoms with E-state index in [9.17, 15) is 9.18 Å². The van der Waals surface area contributed by atoms with Crippen LogP contribution in [0.15, 0.2) is 28.8 Å². The summed E-state index contributed by atoms with van der Waals surface area (Å²) in [7, 11) is 0. The molecule has 0 unspecified atom stereocenters. The van der Waals surface area contributed by atoms with Gasteiger partial charge >= 0.3 is 0 Å². The Morgan fingerprint density at radius 2 is 2.04 bits per heavy atom. The smallest absolute Gasteiger partial charge is 0.246 e. The molecule has 1 aromatic heterocycles. The predicted molar refractivity (Wildman–Crippen MR) is 90.8 cm³/mol. The molecule has 2 aromatic rings. The number of hydrogen-bond donors (Lipinski definition) is 0. The van der Waals surface area contributed by atoms with Crippen molar-refractivity contribution in [3.8, 4) is 0 Å². The van der Waals surface area contributed by atoms with Gasteiger partial charge in [0.05, 0.1) is 18.6 Å². The number of carbonyl (C=O) groups excluding carboxylic acids is 1. The van der Waals surface area contributed by atoms with Crippen LogP contribution in [-0.2, 0) is 21.5 Å². The second-order valence-electron chi connectivity index (χ2n) is 7.03. The molecule has 4 rings (SSSR count). The first kappa shape index (κ1) is 17.1. The third-order valence-electron chi connectivity index (χ3n) is 5.31. The Bertz CT molecular complexity index is 769. The normalized spacial score (nSPS) is 24.0. The fourth-order valence-electron chi connectivity index (χ4n) is 3.75. The summed E-state index contributed by atoms with van der Waals surface area (Å²) in [6, 6.07) is 6.37. The zero-order chi connectivity index (χ0) is 18.0. The van der Waals surface area contributed by atoms with Crippen molar-refractivity contribution in [1.29, 1.82) is 0 Å². The van der Waals surface area contributed by atoms with E-state index in [0.29, 0.717) is 44.3 Å². The van der Waals surface area contributed by atoms with Gasteiger partial charge in [-0.05, 0) is 37.0 Å². The van der Waals surface area contributed by atoms with Crippen molar-refractivity contribution in [2.75, 3.05) is 19.8 Å². The zero-order valence-corrected chi connectivity index (χ0v) is 14.6.